The first kappa shape index (κ1) is 20.9. The molecule has 0 heterocycles. The molecule has 0 radical (unpaired) electrons. The van der Waals surface area contributed by atoms with Crippen LogP contribution in [0, 0.1) is 0 Å². The Balaban J connectivity index is 1.83. The van der Waals surface area contributed by atoms with E-state index in [4.69, 9.17) is 4.74 Å². The van der Waals surface area contributed by atoms with Crippen molar-refractivity contribution in [1.82, 2.24) is 4.90 Å². The average Bonchev–Trinajstić information content (AvgIpc) is 2.74. The fourth-order valence-electron chi connectivity index (χ4n) is 3.52. The van der Waals surface area contributed by atoms with Crippen LogP contribution in [-0.2, 0) is 6.42 Å². The normalized spacial score (nSPS) is 12.4. The van der Waals surface area contributed by atoms with Gasteiger partial charge in [-0.25, -0.2) is 0 Å². The van der Waals surface area contributed by atoms with Crippen molar-refractivity contribution >= 4 is 0 Å². The molecule has 0 aliphatic carbocycles. The summed E-state index contributed by atoms with van der Waals surface area (Å²) in [7, 11) is 4.11. The minimum Gasteiger partial charge on any atom is -0.492 e. The fraction of sp³-hybridized carbons (Fsp3) is 0.259. The molecule has 0 saturated heterocycles. The number of allylic oxidation sites excluding steroid dienone is 2. The molecule has 1 atom stereocenters. The third-order valence-corrected chi connectivity index (χ3v) is 5.06. The van der Waals surface area contributed by atoms with Crippen molar-refractivity contribution in [2.45, 2.75) is 19.3 Å². The van der Waals surface area contributed by atoms with Crippen LogP contribution in [0.4, 0.5) is 0 Å². The van der Waals surface area contributed by atoms with Gasteiger partial charge >= 0.3 is 0 Å². The van der Waals surface area contributed by atoms with E-state index >= 15 is 0 Å². The van der Waals surface area contributed by atoms with E-state index in [2.05, 4.69) is 117 Å². The third-order valence-electron chi connectivity index (χ3n) is 5.06. The Morgan fingerprint density at radius 1 is 0.862 bits per heavy atom. The quantitative estimate of drug-likeness (QED) is 0.424. The molecular weight excluding hydrogens is 354 g/mol. The van der Waals surface area contributed by atoms with Crippen LogP contribution in [0.1, 0.15) is 35.1 Å². The zero-order valence-electron chi connectivity index (χ0n) is 17.7. The van der Waals surface area contributed by atoms with Gasteiger partial charge in [-0.05, 0) is 61.8 Å². The first-order chi connectivity index (χ1) is 14.2. The number of nitrogens with zero attached hydrogens (tertiary/aromatic N) is 1. The van der Waals surface area contributed by atoms with Gasteiger partial charge in [-0.1, -0.05) is 78.9 Å². The molecule has 1 unspecified atom stereocenters. The highest BCUT2D eigenvalue weighted by atomic mass is 16.5. The molecule has 0 aliphatic heterocycles. The summed E-state index contributed by atoms with van der Waals surface area (Å²) in [6.07, 6.45) is 5.37. The molecule has 3 aromatic rings. The van der Waals surface area contributed by atoms with Crippen molar-refractivity contribution in [3.63, 3.8) is 0 Å². The summed E-state index contributed by atoms with van der Waals surface area (Å²) >= 11 is 0. The Morgan fingerprint density at radius 3 is 2.24 bits per heavy atom. The molecule has 0 N–H and O–H groups in total. The number of benzene rings is 3. The lowest BCUT2D eigenvalue weighted by Gasteiger charge is -2.19. The lowest BCUT2D eigenvalue weighted by Crippen LogP contribution is -2.19. The molecule has 0 bridgehead atoms. The molecule has 0 amide bonds. The Hall–Kier alpha value is -2.84. The monoisotopic (exact) mass is 385 g/mol. The van der Waals surface area contributed by atoms with Crippen molar-refractivity contribution in [3.05, 3.63) is 113 Å². The summed E-state index contributed by atoms with van der Waals surface area (Å²) in [6, 6.07) is 28.0. The predicted octanol–water partition coefficient (Wildman–Crippen LogP) is 5.93. The zero-order valence-corrected chi connectivity index (χ0v) is 17.7. The molecule has 2 heteroatoms. The van der Waals surface area contributed by atoms with Crippen LogP contribution in [0.25, 0.3) is 0 Å². The molecule has 0 fully saturated rings. The standard InChI is InChI=1S/C27H31NO/c1-4-10-26(23-15-17-25(18-16-23)29-20-19-28(2)3)27-14-9-8-13-24(27)21-22-11-6-5-7-12-22/h4-18,26H,19-21H2,1-3H3. The van der Waals surface area contributed by atoms with Gasteiger partial charge in [-0.2, -0.15) is 0 Å². The molecule has 29 heavy (non-hydrogen) atoms. The molecule has 3 aromatic carbocycles. The van der Waals surface area contributed by atoms with E-state index in [9.17, 15) is 0 Å². The van der Waals surface area contributed by atoms with Crippen LogP contribution in [0.2, 0.25) is 0 Å². The number of hydrogen-bond donors (Lipinski definition) is 0. The first-order valence-corrected chi connectivity index (χ1v) is 10.3. The van der Waals surface area contributed by atoms with Crippen molar-refractivity contribution in [2.75, 3.05) is 27.2 Å². The topological polar surface area (TPSA) is 12.5 Å². The van der Waals surface area contributed by atoms with Gasteiger partial charge in [-0.15, -0.1) is 0 Å². The van der Waals surface area contributed by atoms with E-state index in [0.717, 1.165) is 18.7 Å². The Bertz CT molecular complexity index is 897. The molecule has 0 aliphatic rings. The molecule has 0 saturated carbocycles. The molecular formula is C27H31NO. The second-order valence-corrected chi connectivity index (χ2v) is 7.59. The van der Waals surface area contributed by atoms with E-state index in [-0.39, 0.29) is 5.92 Å². The van der Waals surface area contributed by atoms with Gasteiger partial charge < -0.3 is 9.64 Å². The number of likely N-dealkylation sites (N-methyl/N-ethyl adjacent to an activating group) is 1. The molecule has 0 spiro atoms. The Labute approximate surface area is 175 Å². The lowest BCUT2D eigenvalue weighted by atomic mass is 9.86. The van der Waals surface area contributed by atoms with Crippen LogP contribution >= 0.6 is 0 Å². The number of rotatable bonds is 9. The highest BCUT2D eigenvalue weighted by Gasteiger charge is 2.15. The van der Waals surface area contributed by atoms with E-state index in [1.54, 1.807) is 0 Å². The molecule has 0 aromatic heterocycles. The summed E-state index contributed by atoms with van der Waals surface area (Å²) in [5.41, 5.74) is 5.34. The Morgan fingerprint density at radius 2 is 1.55 bits per heavy atom. The fourth-order valence-corrected chi connectivity index (χ4v) is 3.52. The maximum atomic E-state index is 5.86. The average molecular weight is 386 g/mol. The van der Waals surface area contributed by atoms with Crippen LogP contribution in [0.3, 0.4) is 0 Å². The molecule has 150 valence electrons. The van der Waals surface area contributed by atoms with Crippen LogP contribution in [-0.4, -0.2) is 32.1 Å². The van der Waals surface area contributed by atoms with Gasteiger partial charge in [0.25, 0.3) is 0 Å². The van der Waals surface area contributed by atoms with E-state index < -0.39 is 0 Å². The molecule has 3 rings (SSSR count). The smallest absolute Gasteiger partial charge is 0.119 e. The first-order valence-electron chi connectivity index (χ1n) is 10.3. The second kappa shape index (κ2) is 10.6. The van der Waals surface area contributed by atoms with Gasteiger partial charge in [0.05, 0.1) is 0 Å². The van der Waals surface area contributed by atoms with Gasteiger partial charge in [0.2, 0.25) is 0 Å². The minimum atomic E-state index is 0.232. The summed E-state index contributed by atoms with van der Waals surface area (Å²) in [5, 5.41) is 0. The van der Waals surface area contributed by atoms with Gasteiger partial charge in [0.1, 0.15) is 12.4 Å². The van der Waals surface area contributed by atoms with E-state index in [0.29, 0.717) is 6.61 Å². The highest BCUT2D eigenvalue weighted by molar-refractivity contribution is 5.44. The molecule has 2 nitrogen and oxygen atoms in total. The van der Waals surface area contributed by atoms with E-state index in [1.165, 1.54) is 22.3 Å². The summed E-state index contributed by atoms with van der Waals surface area (Å²) in [4.78, 5) is 2.13. The van der Waals surface area contributed by atoms with Crippen LogP contribution in [0.5, 0.6) is 5.75 Å². The summed E-state index contributed by atoms with van der Waals surface area (Å²) < 4.78 is 5.86. The van der Waals surface area contributed by atoms with Crippen molar-refractivity contribution < 1.29 is 4.74 Å². The largest absolute Gasteiger partial charge is 0.492 e. The lowest BCUT2D eigenvalue weighted by molar-refractivity contribution is 0.261. The van der Waals surface area contributed by atoms with Gasteiger partial charge in [-0.3, -0.25) is 0 Å². The SMILES string of the molecule is CC=CC(c1ccc(OCCN(C)C)cc1)c1ccccc1Cc1ccccc1. The number of hydrogen-bond acceptors (Lipinski definition) is 2. The van der Waals surface area contributed by atoms with Crippen molar-refractivity contribution in [3.8, 4) is 5.75 Å². The zero-order chi connectivity index (χ0) is 20.5. The predicted molar refractivity (Wildman–Crippen MR) is 123 cm³/mol. The minimum absolute atomic E-state index is 0.232. The Kier molecular flexibility index (Phi) is 7.66. The summed E-state index contributed by atoms with van der Waals surface area (Å²) in [6.45, 7) is 3.70. The van der Waals surface area contributed by atoms with Crippen molar-refractivity contribution in [1.29, 1.82) is 0 Å². The number of ether oxygens (including phenoxy) is 1. The van der Waals surface area contributed by atoms with Crippen LogP contribution < -0.4 is 4.74 Å². The van der Waals surface area contributed by atoms with Gasteiger partial charge in [0.15, 0.2) is 0 Å². The highest BCUT2D eigenvalue weighted by Crippen LogP contribution is 2.31. The third kappa shape index (κ3) is 6.07. The maximum Gasteiger partial charge on any atom is 0.119 e. The van der Waals surface area contributed by atoms with E-state index in [1.807, 2.05) is 0 Å². The van der Waals surface area contributed by atoms with Gasteiger partial charge in [0, 0.05) is 12.5 Å². The van der Waals surface area contributed by atoms with Crippen molar-refractivity contribution in [2.24, 2.45) is 0 Å². The maximum absolute atomic E-state index is 5.86. The second-order valence-electron chi connectivity index (χ2n) is 7.59. The van der Waals surface area contributed by atoms with Crippen LogP contribution in [0.15, 0.2) is 91.0 Å². The summed E-state index contributed by atoms with van der Waals surface area (Å²) in [5.74, 6) is 1.16.